The lowest BCUT2D eigenvalue weighted by molar-refractivity contribution is -0.190. The maximum atomic E-state index is 13.4. The van der Waals surface area contributed by atoms with Gasteiger partial charge in [0.1, 0.15) is 0 Å². The number of amides is 1. The van der Waals surface area contributed by atoms with Crippen LogP contribution in [0, 0.1) is 5.92 Å². The monoisotopic (exact) mass is 365 g/mol. The molecular formula is C14H15BrF3NO2. The number of hydrogen-bond donors (Lipinski definition) is 0. The first-order valence-electron chi connectivity index (χ1n) is 6.47. The van der Waals surface area contributed by atoms with Gasteiger partial charge in [0.15, 0.2) is 6.04 Å². The molecule has 0 aliphatic carbocycles. The zero-order valence-corrected chi connectivity index (χ0v) is 12.9. The van der Waals surface area contributed by atoms with Crippen LogP contribution < -0.4 is 0 Å². The quantitative estimate of drug-likeness (QED) is 0.819. The number of halogens is 4. The fraction of sp³-hybridized carbons (Fsp3) is 0.500. The first kappa shape index (κ1) is 16.3. The molecule has 1 aromatic carbocycles. The van der Waals surface area contributed by atoms with Crippen molar-refractivity contribution >= 4 is 21.8 Å². The summed E-state index contributed by atoms with van der Waals surface area (Å²) in [6.07, 6.45) is -4.06. The van der Waals surface area contributed by atoms with Crippen LogP contribution in [0.4, 0.5) is 13.2 Å². The van der Waals surface area contributed by atoms with E-state index in [-0.39, 0.29) is 12.2 Å². The molecule has 2 rings (SSSR count). The van der Waals surface area contributed by atoms with Gasteiger partial charge < -0.3 is 9.64 Å². The molecule has 1 amide bonds. The minimum atomic E-state index is -4.53. The van der Waals surface area contributed by atoms with Crippen molar-refractivity contribution in [3.63, 3.8) is 0 Å². The smallest absolute Gasteiger partial charge is 0.381 e. The maximum Gasteiger partial charge on any atom is 0.413 e. The molecule has 1 unspecified atom stereocenters. The minimum Gasteiger partial charge on any atom is -0.381 e. The standard InChI is InChI=1S/C14H15BrF3NO2/c1-19(13(20)10-6-7-21-8-10)12(14(16,17)18)9-2-4-11(15)5-3-9/h2-5,10,12H,6-8H2,1H3/t10?,12-/m0/s1. The van der Waals surface area contributed by atoms with Gasteiger partial charge in [-0.15, -0.1) is 0 Å². The molecule has 0 saturated carbocycles. The van der Waals surface area contributed by atoms with Gasteiger partial charge in [0.05, 0.1) is 12.5 Å². The Hall–Kier alpha value is -1.08. The molecule has 0 spiro atoms. The number of rotatable bonds is 3. The van der Waals surface area contributed by atoms with Crippen LogP contribution in [0.3, 0.4) is 0 Å². The number of carbonyl (C=O) groups is 1. The summed E-state index contributed by atoms with van der Waals surface area (Å²) in [5.74, 6) is -1.02. The largest absolute Gasteiger partial charge is 0.413 e. The molecule has 116 valence electrons. The maximum absolute atomic E-state index is 13.4. The van der Waals surface area contributed by atoms with Gasteiger partial charge in [0.2, 0.25) is 5.91 Å². The Morgan fingerprint density at radius 2 is 2.00 bits per heavy atom. The summed E-state index contributed by atoms with van der Waals surface area (Å²) >= 11 is 3.19. The molecule has 1 aromatic rings. The van der Waals surface area contributed by atoms with Crippen LogP contribution in [0.2, 0.25) is 0 Å². The Morgan fingerprint density at radius 3 is 2.48 bits per heavy atom. The van der Waals surface area contributed by atoms with Crippen LogP contribution in [0.25, 0.3) is 0 Å². The van der Waals surface area contributed by atoms with E-state index in [4.69, 9.17) is 4.74 Å². The normalized spacial score (nSPS) is 20.3. The van der Waals surface area contributed by atoms with Crippen LogP contribution in [0.1, 0.15) is 18.0 Å². The number of hydrogen-bond acceptors (Lipinski definition) is 2. The molecule has 0 radical (unpaired) electrons. The summed E-state index contributed by atoms with van der Waals surface area (Å²) < 4.78 is 45.9. The third kappa shape index (κ3) is 3.77. The lowest BCUT2D eigenvalue weighted by atomic mass is 10.0. The summed E-state index contributed by atoms with van der Waals surface area (Å²) in [6, 6.07) is 3.86. The Morgan fingerprint density at radius 1 is 1.38 bits per heavy atom. The zero-order chi connectivity index (χ0) is 15.6. The number of carbonyl (C=O) groups excluding carboxylic acids is 1. The first-order valence-corrected chi connectivity index (χ1v) is 7.26. The molecule has 3 nitrogen and oxygen atoms in total. The highest BCUT2D eigenvalue weighted by molar-refractivity contribution is 9.10. The average molecular weight is 366 g/mol. The molecule has 7 heteroatoms. The number of benzene rings is 1. The second kappa shape index (κ2) is 6.36. The Kier molecular flexibility index (Phi) is 4.93. The van der Waals surface area contributed by atoms with Gasteiger partial charge in [-0.25, -0.2) is 0 Å². The Labute approximate surface area is 129 Å². The van der Waals surface area contributed by atoms with Crippen LogP contribution >= 0.6 is 15.9 Å². The molecule has 1 aliphatic rings. The highest BCUT2D eigenvalue weighted by atomic mass is 79.9. The van der Waals surface area contributed by atoms with Gasteiger partial charge in [0, 0.05) is 18.1 Å². The third-order valence-corrected chi connectivity index (χ3v) is 4.04. The van der Waals surface area contributed by atoms with Crippen LogP contribution in [0.15, 0.2) is 28.7 Å². The van der Waals surface area contributed by atoms with Crippen molar-refractivity contribution in [3.8, 4) is 0 Å². The second-order valence-corrected chi connectivity index (χ2v) is 5.92. The van der Waals surface area contributed by atoms with E-state index in [1.54, 1.807) is 0 Å². The number of alkyl halides is 3. The molecule has 0 bridgehead atoms. The predicted octanol–water partition coefficient (Wildman–Crippen LogP) is 3.55. The van der Waals surface area contributed by atoms with E-state index in [0.29, 0.717) is 17.5 Å². The molecule has 1 saturated heterocycles. The van der Waals surface area contributed by atoms with Crippen LogP contribution in [-0.4, -0.2) is 37.2 Å². The van der Waals surface area contributed by atoms with Crippen molar-refractivity contribution in [2.24, 2.45) is 5.92 Å². The topological polar surface area (TPSA) is 29.5 Å². The van der Waals surface area contributed by atoms with Gasteiger partial charge in [-0.2, -0.15) is 13.2 Å². The summed E-state index contributed by atoms with van der Waals surface area (Å²) in [7, 11) is 1.20. The van der Waals surface area contributed by atoms with Gasteiger partial charge in [0.25, 0.3) is 0 Å². The van der Waals surface area contributed by atoms with Gasteiger partial charge in [-0.05, 0) is 24.1 Å². The van der Waals surface area contributed by atoms with E-state index in [9.17, 15) is 18.0 Å². The van der Waals surface area contributed by atoms with Gasteiger partial charge in [-0.3, -0.25) is 4.79 Å². The summed E-state index contributed by atoms with van der Waals surface area (Å²) in [5.41, 5.74) is 0.0421. The van der Waals surface area contributed by atoms with E-state index in [1.807, 2.05) is 0 Å². The SMILES string of the molecule is CN(C(=O)C1CCOC1)[C@@H](c1ccc(Br)cc1)C(F)(F)F. The third-order valence-electron chi connectivity index (χ3n) is 3.51. The molecular weight excluding hydrogens is 351 g/mol. The van der Waals surface area contributed by atoms with E-state index < -0.39 is 24.0 Å². The first-order chi connectivity index (χ1) is 9.80. The highest BCUT2D eigenvalue weighted by Crippen LogP contribution is 2.38. The molecule has 0 aromatic heterocycles. The van der Waals surface area contributed by atoms with Crippen molar-refractivity contribution in [2.75, 3.05) is 20.3 Å². The molecule has 2 atom stereocenters. The van der Waals surface area contributed by atoms with Crippen LogP contribution in [-0.2, 0) is 9.53 Å². The lowest BCUT2D eigenvalue weighted by Gasteiger charge is -2.31. The van der Waals surface area contributed by atoms with Crippen molar-refractivity contribution < 1.29 is 22.7 Å². The van der Waals surface area contributed by atoms with Crippen molar-refractivity contribution in [2.45, 2.75) is 18.6 Å². The fourth-order valence-electron chi connectivity index (χ4n) is 2.42. The lowest BCUT2D eigenvalue weighted by Crippen LogP contribution is -2.42. The average Bonchev–Trinajstić information content (AvgIpc) is 2.92. The predicted molar refractivity (Wildman–Crippen MR) is 74.6 cm³/mol. The minimum absolute atomic E-state index is 0.0421. The van der Waals surface area contributed by atoms with E-state index in [1.165, 1.54) is 31.3 Å². The second-order valence-electron chi connectivity index (χ2n) is 5.01. The highest BCUT2D eigenvalue weighted by Gasteiger charge is 2.46. The van der Waals surface area contributed by atoms with Crippen molar-refractivity contribution in [1.29, 1.82) is 0 Å². The molecule has 1 aliphatic heterocycles. The molecule has 0 N–H and O–H groups in total. The van der Waals surface area contributed by atoms with Crippen molar-refractivity contribution in [1.82, 2.24) is 4.90 Å². The fourth-order valence-corrected chi connectivity index (χ4v) is 2.69. The number of nitrogens with zero attached hydrogens (tertiary/aromatic N) is 1. The number of ether oxygens (including phenoxy) is 1. The van der Waals surface area contributed by atoms with E-state index in [0.717, 1.165) is 4.90 Å². The van der Waals surface area contributed by atoms with E-state index >= 15 is 0 Å². The van der Waals surface area contributed by atoms with Crippen molar-refractivity contribution in [3.05, 3.63) is 34.3 Å². The van der Waals surface area contributed by atoms with Crippen LogP contribution in [0.5, 0.6) is 0 Å². The summed E-state index contributed by atoms with van der Waals surface area (Å²) in [5, 5.41) is 0. The molecule has 1 fully saturated rings. The summed E-state index contributed by atoms with van der Waals surface area (Å²) in [6.45, 7) is 0.604. The van der Waals surface area contributed by atoms with E-state index in [2.05, 4.69) is 15.9 Å². The zero-order valence-electron chi connectivity index (χ0n) is 11.4. The van der Waals surface area contributed by atoms with Gasteiger partial charge >= 0.3 is 6.18 Å². The molecule has 21 heavy (non-hydrogen) atoms. The Bertz CT molecular complexity index is 498. The summed E-state index contributed by atoms with van der Waals surface area (Å²) in [4.78, 5) is 13.0. The molecule has 1 heterocycles. The van der Waals surface area contributed by atoms with Gasteiger partial charge in [-0.1, -0.05) is 28.1 Å². The Balaban J connectivity index is 2.27.